The summed E-state index contributed by atoms with van der Waals surface area (Å²) in [7, 11) is 1.54. The van der Waals surface area contributed by atoms with Gasteiger partial charge in [0.2, 0.25) is 0 Å². The van der Waals surface area contributed by atoms with E-state index in [-0.39, 0.29) is 19.1 Å². The fraction of sp³-hybridized carbons (Fsp3) is 0.238. The van der Waals surface area contributed by atoms with Crippen LogP contribution in [-0.4, -0.2) is 32.2 Å². The molecule has 0 radical (unpaired) electrons. The summed E-state index contributed by atoms with van der Waals surface area (Å²) in [5.74, 6) is 0.179. The predicted octanol–water partition coefficient (Wildman–Crippen LogP) is 4.99. The number of hydrogen-bond acceptors (Lipinski definition) is 7. The summed E-state index contributed by atoms with van der Waals surface area (Å²) in [6.45, 7) is 3.71. The monoisotopic (exact) mass is 431 g/mol. The Labute approximate surface area is 177 Å². The molecule has 2 heterocycles. The van der Waals surface area contributed by atoms with Crippen molar-refractivity contribution in [1.82, 2.24) is 0 Å². The Hall–Kier alpha value is -2.84. The fourth-order valence-electron chi connectivity index (χ4n) is 2.79. The van der Waals surface area contributed by atoms with Crippen LogP contribution in [0.4, 0.5) is 5.00 Å². The molecule has 0 aliphatic rings. The summed E-state index contributed by atoms with van der Waals surface area (Å²) in [4.78, 5) is 27.0. The molecule has 1 amide bonds. The second-order valence-electron chi connectivity index (χ2n) is 5.92. The average molecular weight is 432 g/mol. The van der Waals surface area contributed by atoms with E-state index < -0.39 is 5.97 Å². The van der Waals surface area contributed by atoms with Crippen LogP contribution in [-0.2, 0) is 9.53 Å². The van der Waals surface area contributed by atoms with Gasteiger partial charge in [-0.05, 0) is 37.4 Å². The molecule has 0 atom stereocenters. The number of ether oxygens (including phenoxy) is 3. The zero-order valence-corrected chi connectivity index (χ0v) is 17.9. The number of carbonyl (C=O) groups excluding carboxylic acids is 2. The number of methoxy groups -OCH3 is 1. The third-order valence-corrected chi connectivity index (χ3v) is 5.92. The Balaban J connectivity index is 1.82. The van der Waals surface area contributed by atoms with Gasteiger partial charge < -0.3 is 19.5 Å². The van der Waals surface area contributed by atoms with Crippen LogP contribution in [0.2, 0.25) is 0 Å². The van der Waals surface area contributed by atoms with E-state index in [1.165, 1.54) is 29.8 Å². The lowest BCUT2D eigenvalue weighted by Gasteiger charge is -2.11. The number of anilines is 1. The van der Waals surface area contributed by atoms with E-state index >= 15 is 0 Å². The van der Waals surface area contributed by atoms with Gasteiger partial charge in [-0.25, -0.2) is 4.79 Å². The second kappa shape index (κ2) is 9.58. The van der Waals surface area contributed by atoms with Crippen molar-refractivity contribution in [3.05, 3.63) is 52.2 Å². The molecule has 0 aliphatic heterocycles. The first-order chi connectivity index (χ1) is 14.0. The van der Waals surface area contributed by atoms with Gasteiger partial charge in [0.05, 0.1) is 13.7 Å². The van der Waals surface area contributed by atoms with Crippen LogP contribution in [0.25, 0.3) is 10.4 Å². The molecular weight excluding hydrogens is 410 g/mol. The zero-order chi connectivity index (χ0) is 20.8. The SMILES string of the molecule is CCOC(=O)c1c(NC(=O)COc2ccccc2OC)sc(C)c1-c1cccs1. The summed E-state index contributed by atoms with van der Waals surface area (Å²) >= 11 is 2.88. The van der Waals surface area contributed by atoms with Crippen LogP contribution in [0.3, 0.4) is 0 Å². The van der Waals surface area contributed by atoms with Crippen molar-refractivity contribution in [1.29, 1.82) is 0 Å². The topological polar surface area (TPSA) is 73.9 Å². The van der Waals surface area contributed by atoms with Crippen molar-refractivity contribution < 1.29 is 23.8 Å². The minimum absolute atomic E-state index is 0.214. The van der Waals surface area contributed by atoms with Gasteiger partial charge in [-0.15, -0.1) is 22.7 Å². The van der Waals surface area contributed by atoms with E-state index in [4.69, 9.17) is 14.2 Å². The number of hydrogen-bond donors (Lipinski definition) is 1. The average Bonchev–Trinajstić information content (AvgIpc) is 3.34. The second-order valence-corrected chi connectivity index (χ2v) is 8.10. The van der Waals surface area contributed by atoms with Crippen LogP contribution in [0.15, 0.2) is 41.8 Å². The molecule has 0 fully saturated rings. The number of rotatable bonds is 8. The molecule has 3 aromatic rings. The van der Waals surface area contributed by atoms with Crippen molar-refractivity contribution in [3.63, 3.8) is 0 Å². The first kappa shape index (κ1) is 20.9. The maximum Gasteiger partial charge on any atom is 0.341 e. The van der Waals surface area contributed by atoms with Gasteiger partial charge in [0, 0.05) is 15.3 Å². The highest BCUT2D eigenvalue weighted by atomic mass is 32.1. The summed E-state index contributed by atoms with van der Waals surface area (Å²) in [5.41, 5.74) is 1.17. The highest BCUT2D eigenvalue weighted by Crippen LogP contribution is 2.42. The lowest BCUT2D eigenvalue weighted by atomic mass is 10.1. The molecule has 0 saturated heterocycles. The normalized spacial score (nSPS) is 10.4. The molecule has 6 nitrogen and oxygen atoms in total. The van der Waals surface area contributed by atoms with Gasteiger partial charge in [0.1, 0.15) is 10.6 Å². The quantitative estimate of drug-likeness (QED) is 0.509. The van der Waals surface area contributed by atoms with Crippen LogP contribution < -0.4 is 14.8 Å². The Morgan fingerprint density at radius 2 is 1.86 bits per heavy atom. The molecule has 8 heteroatoms. The van der Waals surface area contributed by atoms with Crippen molar-refractivity contribution >= 4 is 39.6 Å². The number of thiophene rings is 2. The van der Waals surface area contributed by atoms with Gasteiger partial charge in [0.15, 0.2) is 18.1 Å². The van der Waals surface area contributed by atoms with E-state index in [0.29, 0.717) is 22.1 Å². The molecule has 0 saturated carbocycles. The number of aryl methyl sites for hydroxylation is 1. The zero-order valence-electron chi connectivity index (χ0n) is 16.3. The molecular formula is C21H21NO5S2. The number of benzene rings is 1. The van der Waals surface area contributed by atoms with E-state index in [2.05, 4.69) is 5.32 Å². The van der Waals surface area contributed by atoms with Gasteiger partial charge in [-0.3, -0.25) is 4.79 Å². The van der Waals surface area contributed by atoms with E-state index in [9.17, 15) is 9.59 Å². The predicted molar refractivity (Wildman–Crippen MR) is 115 cm³/mol. The summed E-state index contributed by atoms with van der Waals surface area (Å²) < 4.78 is 16.0. The molecule has 152 valence electrons. The summed E-state index contributed by atoms with van der Waals surface area (Å²) in [6.07, 6.45) is 0. The van der Waals surface area contributed by atoms with Gasteiger partial charge in [-0.1, -0.05) is 18.2 Å². The highest BCUT2D eigenvalue weighted by molar-refractivity contribution is 7.18. The van der Waals surface area contributed by atoms with Crippen LogP contribution in [0, 0.1) is 6.92 Å². The first-order valence-electron chi connectivity index (χ1n) is 8.95. The molecule has 0 bridgehead atoms. The molecule has 2 aromatic heterocycles. The van der Waals surface area contributed by atoms with Gasteiger partial charge >= 0.3 is 5.97 Å². The molecule has 29 heavy (non-hydrogen) atoms. The Bertz CT molecular complexity index is 995. The van der Waals surface area contributed by atoms with Crippen LogP contribution in [0.1, 0.15) is 22.2 Å². The molecule has 1 aromatic carbocycles. The number of amides is 1. The van der Waals surface area contributed by atoms with Crippen LogP contribution >= 0.6 is 22.7 Å². The number of esters is 1. The van der Waals surface area contributed by atoms with Crippen molar-refractivity contribution in [3.8, 4) is 21.9 Å². The number of para-hydroxylation sites is 2. The molecule has 0 unspecified atom stereocenters. The van der Waals surface area contributed by atoms with Crippen LogP contribution in [0.5, 0.6) is 11.5 Å². The maximum atomic E-state index is 12.6. The minimum Gasteiger partial charge on any atom is -0.493 e. The van der Waals surface area contributed by atoms with E-state index in [1.54, 1.807) is 25.1 Å². The van der Waals surface area contributed by atoms with Crippen molar-refractivity contribution in [2.75, 3.05) is 25.6 Å². The Morgan fingerprint density at radius 1 is 1.10 bits per heavy atom. The van der Waals surface area contributed by atoms with Gasteiger partial charge in [-0.2, -0.15) is 0 Å². The highest BCUT2D eigenvalue weighted by Gasteiger charge is 2.26. The van der Waals surface area contributed by atoms with E-state index in [0.717, 1.165) is 15.3 Å². The largest absolute Gasteiger partial charge is 0.493 e. The third-order valence-electron chi connectivity index (χ3n) is 4.01. The molecule has 0 spiro atoms. The van der Waals surface area contributed by atoms with Crippen molar-refractivity contribution in [2.24, 2.45) is 0 Å². The smallest absolute Gasteiger partial charge is 0.341 e. The van der Waals surface area contributed by atoms with Crippen molar-refractivity contribution in [2.45, 2.75) is 13.8 Å². The molecule has 0 aliphatic carbocycles. The third kappa shape index (κ3) is 4.78. The summed E-state index contributed by atoms with van der Waals surface area (Å²) in [5, 5.41) is 5.20. The molecule has 1 N–H and O–H groups in total. The number of nitrogens with one attached hydrogen (secondary N) is 1. The van der Waals surface area contributed by atoms with E-state index in [1.807, 2.05) is 30.5 Å². The Morgan fingerprint density at radius 3 is 2.52 bits per heavy atom. The standard InChI is InChI=1S/C21H21NO5S2/c1-4-26-21(24)19-18(16-10-7-11-28-16)13(2)29-20(19)22-17(23)12-27-15-9-6-5-8-14(15)25-3/h5-11H,4,12H2,1-3H3,(H,22,23). The Kier molecular flexibility index (Phi) is 6.90. The molecule has 3 rings (SSSR count). The summed E-state index contributed by atoms with van der Waals surface area (Å²) in [6, 6.07) is 11.0. The fourth-order valence-corrected chi connectivity index (χ4v) is 4.76. The lowest BCUT2D eigenvalue weighted by molar-refractivity contribution is -0.118. The number of carbonyl (C=O) groups is 2. The van der Waals surface area contributed by atoms with Gasteiger partial charge in [0.25, 0.3) is 5.91 Å². The maximum absolute atomic E-state index is 12.6. The first-order valence-corrected chi connectivity index (χ1v) is 10.6. The lowest BCUT2D eigenvalue weighted by Crippen LogP contribution is -2.21. The minimum atomic E-state index is -0.457.